The zero-order chi connectivity index (χ0) is 24.8. The van der Waals surface area contributed by atoms with Crippen molar-refractivity contribution >= 4 is 51.6 Å². The fourth-order valence-corrected chi connectivity index (χ4v) is 7.32. The predicted octanol–water partition coefficient (Wildman–Crippen LogP) is 5.98. The molecule has 9 heteroatoms. The van der Waals surface area contributed by atoms with Gasteiger partial charge in [-0.2, -0.15) is 0 Å². The Bertz CT molecular complexity index is 1140. The fraction of sp³-hybridized carbons (Fsp3) is 0.462. The average Bonchev–Trinajstić information content (AvgIpc) is 3.27. The minimum Gasteiger partial charge on any atom is -0.497 e. The third-order valence-corrected chi connectivity index (χ3v) is 9.20. The molecule has 188 valence electrons. The number of thioether (sulfide) groups is 1. The molecule has 0 radical (unpaired) electrons. The molecule has 1 aromatic carbocycles. The Hall–Kier alpha value is -1.84. The topological polar surface area (TPSA) is 82.9 Å². The Morgan fingerprint density at radius 1 is 1.31 bits per heavy atom. The van der Waals surface area contributed by atoms with Crippen molar-refractivity contribution in [3.63, 3.8) is 0 Å². The number of rotatable bonds is 11. The molecule has 0 bridgehead atoms. The van der Waals surface area contributed by atoms with Crippen molar-refractivity contribution in [2.45, 2.75) is 36.0 Å². The van der Waals surface area contributed by atoms with Crippen LogP contribution in [0, 0.1) is 11.8 Å². The van der Waals surface area contributed by atoms with Crippen LogP contribution < -0.4 is 4.74 Å². The zero-order valence-electron chi connectivity index (χ0n) is 19.7. The molecule has 0 saturated carbocycles. The molecular formula is C26H31ClN2O4S2. The summed E-state index contributed by atoms with van der Waals surface area (Å²) >= 11 is 9.40. The van der Waals surface area contributed by atoms with Gasteiger partial charge in [-0.05, 0) is 79.6 Å². The Morgan fingerprint density at radius 2 is 2.17 bits per heavy atom. The molecule has 1 aliphatic heterocycles. The number of carboxylic acid groups (broad SMARTS) is 1. The second kappa shape index (κ2) is 12.4. The number of aliphatic carboxylic acids is 1. The van der Waals surface area contributed by atoms with E-state index in [0.29, 0.717) is 6.42 Å². The standard InChI is InChI=1S/C26H31ClN2O4S2/c1-33-19-3-4-22-21(15-19)20(8-10-28-22)23(30)5-2-17-9-11-29(16-18(17)14-25(31)32)12-13-34-26-7-6-24(27)35-26/h3-4,6-8,10,15,17-18,23,30H,2,5,9,11-14,16H2,1H3,(H,31,32)/t17-,18+,23+/m1/s1. The van der Waals surface area contributed by atoms with E-state index in [4.69, 9.17) is 16.3 Å². The molecule has 3 atom stereocenters. The normalized spacial score (nSPS) is 19.6. The summed E-state index contributed by atoms with van der Waals surface area (Å²) in [7, 11) is 1.62. The molecule has 6 nitrogen and oxygen atoms in total. The number of aliphatic hydroxyl groups is 1. The molecule has 0 unspecified atom stereocenters. The first kappa shape index (κ1) is 26.2. The van der Waals surface area contributed by atoms with E-state index in [1.807, 2.05) is 36.4 Å². The molecule has 3 aromatic rings. The number of nitrogens with zero attached hydrogens (tertiary/aromatic N) is 2. The summed E-state index contributed by atoms with van der Waals surface area (Å²) in [6.45, 7) is 2.67. The van der Waals surface area contributed by atoms with Crippen molar-refractivity contribution < 1.29 is 19.7 Å². The first-order chi connectivity index (χ1) is 16.9. The molecule has 35 heavy (non-hydrogen) atoms. The molecule has 2 aromatic heterocycles. The molecule has 3 heterocycles. The van der Waals surface area contributed by atoms with Gasteiger partial charge < -0.3 is 19.8 Å². The second-order valence-electron chi connectivity index (χ2n) is 8.99. The molecular weight excluding hydrogens is 504 g/mol. The highest BCUT2D eigenvalue weighted by Crippen LogP contribution is 2.35. The Morgan fingerprint density at radius 3 is 2.91 bits per heavy atom. The lowest BCUT2D eigenvalue weighted by Gasteiger charge is -2.38. The van der Waals surface area contributed by atoms with Crippen LogP contribution in [0.3, 0.4) is 0 Å². The minimum absolute atomic E-state index is 0.0870. The summed E-state index contributed by atoms with van der Waals surface area (Å²) in [6.07, 6.45) is 3.59. The maximum Gasteiger partial charge on any atom is 0.303 e. The summed E-state index contributed by atoms with van der Waals surface area (Å²) in [5.74, 6) is 1.30. The number of aliphatic hydroxyl groups excluding tert-OH is 1. The van der Waals surface area contributed by atoms with Gasteiger partial charge in [0.1, 0.15) is 5.75 Å². The first-order valence-corrected chi connectivity index (χ1v) is 14.0. The number of carboxylic acids is 1. The van der Waals surface area contributed by atoms with Crippen molar-refractivity contribution in [2.75, 3.05) is 32.5 Å². The number of hydrogen-bond donors (Lipinski definition) is 2. The van der Waals surface area contributed by atoms with Gasteiger partial charge in [-0.1, -0.05) is 11.6 Å². The number of aromatic nitrogens is 1. The van der Waals surface area contributed by atoms with Crippen molar-refractivity contribution in [1.29, 1.82) is 0 Å². The van der Waals surface area contributed by atoms with Gasteiger partial charge in [0.25, 0.3) is 0 Å². The molecule has 0 amide bonds. The van der Waals surface area contributed by atoms with E-state index in [-0.39, 0.29) is 18.3 Å². The molecule has 1 saturated heterocycles. The Balaban J connectivity index is 1.35. The quantitative estimate of drug-likeness (QED) is 0.293. The van der Waals surface area contributed by atoms with E-state index in [1.54, 1.807) is 36.4 Å². The van der Waals surface area contributed by atoms with E-state index in [2.05, 4.69) is 9.88 Å². The summed E-state index contributed by atoms with van der Waals surface area (Å²) < 4.78 is 7.36. The van der Waals surface area contributed by atoms with Crippen LogP contribution >= 0.6 is 34.7 Å². The predicted molar refractivity (Wildman–Crippen MR) is 143 cm³/mol. The van der Waals surface area contributed by atoms with Crippen molar-refractivity contribution in [3.05, 3.63) is 52.5 Å². The maximum atomic E-state index is 11.6. The van der Waals surface area contributed by atoms with Gasteiger partial charge in [0.2, 0.25) is 0 Å². The lowest BCUT2D eigenvalue weighted by atomic mass is 9.79. The monoisotopic (exact) mass is 534 g/mol. The number of methoxy groups -OCH3 is 1. The van der Waals surface area contributed by atoms with Crippen molar-refractivity contribution in [1.82, 2.24) is 9.88 Å². The fourth-order valence-electron chi connectivity index (χ4n) is 4.94. The van der Waals surface area contributed by atoms with Gasteiger partial charge in [-0.15, -0.1) is 23.1 Å². The highest BCUT2D eigenvalue weighted by Gasteiger charge is 2.31. The van der Waals surface area contributed by atoms with Crippen LogP contribution in [0.25, 0.3) is 10.9 Å². The van der Waals surface area contributed by atoms with Crippen LogP contribution in [0.15, 0.2) is 46.8 Å². The molecule has 2 N–H and O–H groups in total. The summed E-state index contributed by atoms with van der Waals surface area (Å²) in [4.78, 5) is 18.4. The zero-order valence-corrected chi connectivity index (χ0v) is 22.1. The van der Waals surface area contributed by atoms with Crippen LogP contribution in [0.2, 0.25) is 4.34 Å². The summed E-state index contributed by atoms with van der Waals surface area (Å²) in [5.41, 5.74) is 1.66. The molecule has 1 fully saturated rings. The van der Waals surface area contributed by atoms with E-state index < -0.39 is 12.1 Å². The number of hydrogen-bond acceptors (Lipinski definition) is 7. The Labute approximate surface area is 219 Å². The SMILES string of the molecule is COc1ccc2nccc([C@@H](O)CC[C@@H]3CCN(CCSc4ccc(Cl)s4)C[C@@H]3CC(=O)O)c2c1. The van der Waals surface area contributed by atoms with Gasteiger partial charge >= 0.3 is 5.97 Å². The number of benzene rings is 1. The van der Waals surface area contributed by atoms with Gasteiger partial charge in [0, 0.05) is 36.8 Å². The second-order valence-corrected chi connectivity index (χ2v) is 12.1. The summed E-state index contributed by atoms with van der Waals surface area (Å²) in [5, 5.41) is 21.5. The number of carbonyl (C=O) groups is 1. The van der Waals surface area contributed by atoms with Crippen LogP contribution in [-0.4, -0.2) is 58.6 Å². The number of thiophene rings is 1. The van der Waals surface area contributed by atoms with Gasteiger partial charge in [-0.25, -0.2) is 0 Å². The van der Waals surface area contributed by atoms with Gasteiger partial charge in [0.15, 0.2) is 0 Å². The number of fused-ring (bicyclic) bond motifs is 1. The third kappa shape index (κ3) is 7.11. The van der Waals surface area contributed by atoms with Crippen LogP contribution in [0.5, 0.6) is 5.75 Å². The molecule has 0 spiro atoms. The molecule has 1 aliphatic rings. The third-order valence-electron chi connectivity index (χ3n) is 6.77. The lowest BCUT2D eigenvalue weighted by molar-refractivity contribution is -0.139. The van der Waals surface area contributed by atoms with E-state index in [0.717, 1.165) is 64.8 Å². The van der Waals surface area contributed by atoms with Crippen molar-refractivity contribution in [3.8, 4) is 5.75 Å². The highest BCUT2D eigenvalue weighted by molar-refractivity contribution is 8.01. The Kier molecular flexibility index (Phi) is 9.30. The minimum atomic E-state index is -0.753. The van der Waals surface area contributed by atoms with Crippen LogP contribution in [0.4, 0.5) is 0 Å². The average molecular weight is 535 g/mol. The number of pyridine rings is 1. The van der Waals surface area contributed by atoms with Gasteiger partial charge in [0.05, 0.1) is 27.3 Å². The molecule has 4 rings (SSSR count). The van der Waals surface area contributed by atoms with E-state index in [9.17, 15) is 15.0 Å². The van der Waals surface area contributed by atoms with Crippen LogP contribution in [-0.2, 0) is 4.79 Å². The largest absolute Gasteiger partial charge is 0.497 e. The van der Waals surface area contributed by atoms with Gasteiger partial charge in [-0.3, -0.25) is 9.78 Å². The van der Waals surface area contributed by atoms with Crippen LogP contribution in [0.1, 0.15) is 37.4 Å². The van der Waals surface area contributed by atoms with Crippen molar-refractivity contribution in [2.24, 2.45) is 11.8 Å². The number of piperidine rings is 1. The van der Waals surface area contributed by atoms with E-state index in [1.165, 1.54) is 4.21 Å². The first-order valence-electron chi connectivity index (χ1n) is 11.9. The lowest BCUT2D eigenvalue weighted by Crippen LogP contribution is -2.42. The summed E-state index contributed by atoms with van der Waals surface area (Å²) in [6, 6.07) is 11.5. The highest BCUT2D eigenvalue weighted by atomic mass is 35.5. The maximum absolute atomic E-state index is 11.6. The van der Waals surface area contributed by atoms with E-state index >= 15 is 0 Å². The number of likely N-dealkylation sites (tertiary alicyclic amines) is 1. The number of halogens is 1. The number of ether oxygens (including phenoxy) is 1. The molecule has 0 aliphatic carbocycles. The smallest absolute Gasteiger partial charge is 0.303 e.